The summed E-state index contributed by atoms with van der Waals surface area (Å²) in [7, 11) is 0. The van der Waals surface area contributed by atoms with Gasteiger partial charge < -0.3 is 15.0 Å². The summed E-state index contributed by atoms with van der Waals surface area (Å²) in [6, 6.07) is 21.9. The molecule has 3 aromatic carbocycles. The number of nitrogens with zero attached hydrogens (tertiary/aromatic N) is 1. The molecule has 0 aliphatic carbocycles. The molecule has 0 heterocycles. The summed E-state index contributed by atoms with van der Waals surface area (Å²) in [5, 5.41) is 3.51. The second-order valence-corrected chi connectivity index (χ2v) is 9.57. The van der Waals surface area contributed by atoms with Gasteiger partial charge in [0, 0.05) is 29.0 Å². The summed E-state index contributed by atoms with van der Waals surface area (Å²) in [6.07, 6.45) is 1.18. The van der Waals surface area contributed by atoms with Crippen LogP contribution < -0.4 is 10.1 Å². The first kappa shape index (κ1) is 26.8. The number of amides is 2. The molecule has 35 heavy (non-hydrogen) atoms. The fourth-order valence-electron chi connectivity index (χ4n) is 3.67. The van der Waals surface area contributed by atoms with Gasteiger partial charge in [0.2, 0.25) is 5.91 Å². The number of nitrogens with one attached hydrogen (secondary N) is 1. The number of ether oxygens (including phenoxy) is 1. The summed E-state index contributed by atoms with van der Waals surface area (Å²) in [5.74, 6) is 0.0976. The van der Waals surface area contributed by atoms with E-state index >= 15 is 0 Å². The molecule has 7 heteroatoms. The summed E-state index contributed by atoms with van der Waals surface area (Å²) in [4.78, 5) is 28.4. The van der Waals surface area contributed by atoms with Crippen LogP contribution in [-0.2, 0) is 22.6 Å². The van der Waals surface area contributed by atoms with E-state index in [9.17, 15) is 9.59 Å². The van der Waals surface area contributed by atoms with Crippen molar-refractivity contribution in [2.75, 3.05) is 13.2 Å². The van der Waals surface area contributed by atoms with E-state index < -0.39 is 6.04 Å². The van der Waals surface area contributed by atoms with Crippen molar-refractivity contribution in [3.05, 3.63) is 99.0 Å². The van der Waals surface area contributed by atoms with Crippen LogP contribution in [0.15, 0.2) is 77.3 Å². The third kappa shape index (κ3) is 7.84. The van der Waals surface area contributed by atoms with Gasteiger partial charge in [-0.1, -0.05) is 83.0 Å². The molecule has 0 radical (unpaired) electrons. The average molecular weight is 558 g/mol. The number of benzene rings is 3. The predicted molar refractivity (Wildman–Crippen MR) is 144 cm³/mol. The van der Waals surface area contributed by atoms with Gasteiger partial charge in [-0.15, -0.1) is 0 Å². The first-order valence-electron chi connectivity index (χ1n) is 11.6. The SMILES string of the molecule is CCCNC(=O)C(Cc1ccccc1)N(Cc1ccccc1Cl)C(=O)COc1ccc(Br)c(C)c1. The molecule has 0 saturated heterocycles. The van der Waals surface area contributed by atoms with Crippen LogP contribution in [0.4, 0.5) is 0 Å². The smallest absolute Gasteiger partial charge is 0.261 e. The predicted octanol–water partition coefficient (Wildman–Crippen LogP) is 5.96. The highest BCUT2D eigenvalue weighted by Crippen LogP contribution is 2.23. The van der Waals surface area contributed by atoms with Crippen LogP contribution in [0.5, 0.6) is 5.75 Å². The van der Waals surface area contributed by atoms with Crippen molar-refractivity contribution in [3.8, 4) is 5.75 Å². The molecule has 0 saturated carbocycles. The van der Waals surface area contributed by atoms with Crippen LogP contribution in [0, 0.1) is 6.92 Å². The largest absolute Gasteiger partial charge is 0.484 e. The minimum absolute atomic E-state index is 0.193. The number of hydrogen-bond acceptors (Lipinski definition) is 3. The first-order valence-corrected chi connectivity index (χ1v) is 12.8. The van der Waals surface area contributed by atoms with Crippen molar-refractivity contribution in [1.82, 2.24) is 10.2 Å². The van der Waals surface area contributed by atoms with Gasteiger partial charge in [0.15, 0.2) is 6.61 Å². The number of hydrogen-bond donors (Lipinski definition) is 1. The van der Waals surface area contributed by atoms with Gasteiger partial charge in [-0.05, 0) is 54.3 Å². The summed E-state index contributed by atoms with van der Waals surface area (Å²) in [5.41, 5.74) is 2.73. The second kappa shape index (κ2) is 13.3. The van der Waals surface area contributed by atoms with Crippen molar-refractivity contribution < 1.29 is 14.3 Å². The Hall–Kier alpha value is -2.83. The van der Waals surface area contributed by atoms with Gasteiger partial charge in [0.25, 0.3) is 5.91 Å². The van der Waals surface area contributed by atoms with Gasteiger partial charge in [0.1, 0.15) is 11.8 Å². The van der Waals surface area contributed by atoms with E-state index in [1.165, 1.54) is 0 Å². The fraction of sp³-hybridized carbons (Fsp3) is 0.286. The highest BCUT2D eigenvalue weighted by Gasteiger charge is 2.31. The van der Waals surface area contributed by atoms with E-state index in [0.717, 1.165) is 27.6 Å². The number of halogens is 2. The van der Waals surface area contributed by atoms with E-state index in [4.69, 9.17) is 16.3 Å². The zero-order valence-corrected chi connectivity index (χ0v) is 22.3. The number of rotatable bonds is 11. The fourth-order valence-corrected chi connectivity index (χ4v) is 4.11. The van der Waals surface area contributed by atoms with Crippen LogP contribution in [0.2, 0.25) is 5.02 Å². The number of carbonyl (C=O) groups excluding carboxylic acids is 2. The molecule has 0 spiro atoms. The minimum Gasteiger partial charge on any atom is -0.484 e. The van der Waals surface area contributed by atoms with Crippen LogP contribution in [0.3, 0.4) is 0 Å². The van der Waals surface area contributed by atoms with Gasteiger partial charge >= 0.3 is 0 Å². The van der Waals surface area contributed by atoms with Crippen molar-refractivity contribution in [3.63, 3.8) is 0 Å². The molecule has 0 aliphatic heterocycles. The Balaban J connectivity index is 1.90. The standard InChI is InChI=1S/C28H30BrClN2O3/c1-3-15-31-28(34)26(17-21-9-5-4-6-10-21)32(18-22-11-7-8-12-25(22)30)27(33)19-35-23-13-14-24(29)20(2)16-23/h4-14,16,26H,3,15,17-19H2,1-2H3,(H,31,34). The highest BCUT2D eigenvalue weighted by molar-refractivity contribution is 9.10. The minimum atomic E-state index is -0.719. The van der Waals surface area contributed by atoms with Crippen LogP contribution >= 0.6 is 27.5 Å². The molecule has 3 rings (SSSR count). The van der Waals surface area contributed by atoms with Crippen molar-refractivity contribution in [2.45, 2.75) is 39.3 Å². The lowest BCUT2D eigenvalue weighted by molar-refractivity contribution is -0.142. The second-order valence-electron chi connectivity index (χ2n) is 8.31. The molecule has 3 aromatic rings. The Kier molecular flexibility index (Phi) is 10.2. The lowest BCUT2D eigenvalue weighted by atomic mass is 10.0. The first-order chi connectivity index (χ1) is 16.9. The Morgan fingerprint density at radius 2 is 1.77 bits per heavy atom. The van der Waals surface area contributed by atoms with Gasteiger partial charge in [0.05, 0.1) is 0 Å². The van der Waals surface area contributed by atoms with Crippen LogP contribution in [0.25, 0.3) is 0 Å². The number of aryl methyl sites for hydroxylation is 1. The van der Waals surface area contributed by atoms with Gasteiger partial charge in [-0.25, -0.2) is 0 Å². The van der Waals surface area contributed by atoms with E-state index in [1.54, 1.807) is 17.0 Å². The quantitative estimate of drug-likeness (QED) is 0.317. The third-order valence-electron chi connectivity index (χ3n) is 5.61. The topological polar surface area (TPSA) is 58.6 Å². The van der Waals surface area contributed by atoms with Gasteiger partial charge in [-0.2, -0.15) is 0 Å². The Morgan fingerprint density at radius 1 is 1.06 bits per heavy atom. The third-order valence-corrected chi connectivity index (χ3v) is 6.87. The summed E-state index contributed by atoms with van der Waals surface area (Å²) in [6.45, 7) is 4.48. The van der Waals surface area contributed by atoms with Crippen molar-refractivity contribution in [1.29, 1.82) is 0 Å². The zero-order chi connectivity index (χ0) is 25.2. The molecular weight excluding hydrogens is 528 g/mol. The van der Waals surface area contributed by atoms with Crippen molar-refractivity contribution >= 4 is 39.3 Å². The maximum Gasteiger partial charge on any atom is 0.261 e. The van der Waals surface area contributed by atoms with Crippen LogP contribution in [-0.4, -0.2) is 35.9 Å². The molecule has 5 nitrogen and oxygen atoms in total. The summed E-state index contributed by atoms with van der Waals surface area (Å²) < 4.78 is 6.80. The zero-order valence-electron chi connectivity index (χ0n) is 20.0. The Morgan fingerprint density at radius 3 is 2.46 bits per heavy atom. The molecule has 0 bridgehead atoms. The molecule has 0 aliphatic rings. The molecule has 184 valence electrons. The van der Waals surface area contributed by atoms with E-state index in [0.29, 0.717) is 23.7 Å². The van der Waals surface area contributed by atoms with Gasteiger partial charge in [-0.3, -0.25) is 9.59 Å². The molecule has 0 fully saturated rings. The lowest BCUT2D eigenvalue weighted by Gasteiger charge is -2.31. The molecule has 2 amide bonds. The highest BCUT2D eigenvalue weighted by atomic mass is 79.9. The van der Waals surface area contributed by atoms with Crippen LogP contribution in [0.1, 0.15) is 30.0 Å². The average Bonchev–Trinajstić information content (AvgIpc) is 2.86. The Bertz CT molecular complexity index is 1140. The Labute approximate surface area is 220 Å². The lowest BCUT2D eigenvalue weighted by Crippen LogP contribution is -2.51. The number of carbonyl (C=O) groups is 2. The molecule has 1 unspecified atom stereocenters. The molecular formula is C28H30BrClN2O3. The van der Waals surface area contributed by atoms with Crippen molar-refractivity contribution in [2.24, 2.45) is 0 Å². The maximum atomic E-state index is 13.6. The molecule has 1 N–H and O–H groups in total. The maximum absolute atomic E-state index is 13.6. The van der Waals surface area contributed by atoms with E-state index in [-0.39, 0.29) is 25.0 Å². The molecule has 1 atom stereocenters. The normalized spacial score (nSPS) is 11.5. The monoisotopic (exact) mass is 556 g/mol. The van der Waals surface area contributed by atoms with E-state index in [1.807, 2.05) is 74.5 Å². The van der Waals surface area contributed by atoms with E-state index in [2.05, 4.69) is 21.2 Å². The molecule has 0 aromatic heterocycles. The summed E-state index contributed by atoms with van der Waals surface area (Å²) >= 11 is 9.91.